The summed E-state index contributed by atoms with van der Waals surface area (Å²) in [5.41, 5.74) is 1.60. The lowest BCUT2D eigenvalue weighted by Gasteiger charge is -2.13. The molecule has 0 atom stereocenters. The van der Waals surface area contributed by atoms with E-state index < -0.39 is 0 Å². The van der Waals surface area contributed by atoms with E-state index in [4.69, 9.17) is 5.11 Å². The molecule has 92 valence electrons. The molecular formula is C14H19NO2. The molecule has 3 heteroatoms. The number of rotatable bonds is 5. The van der Waals surface area contributed by atoms with Crippen LogP contribution in [-0.4, -0.2) is 35.4 Å². The molecule has 0 amide bonds. The molecule has 0 unspecified atom stereocenters. The molecule has 0 radical (unpaired) electrons. The van der Waals surface area contributed by atoms with Gasteiger partial charge in [-0.1, -0.05) is 24.3 Å². The predicted octanol–water partition coefficient (Wildman–Crippen LogP) is 1.85. The highest BCUT2D eigenvalue weighted by Crippen LogP contribution is 2.11. The second kappa shape index (κ2) is 5.94. The summed E-state index contributed by atoms with van der Waals surface area (Å²) in [6.45, 7) is 3.18. The van der Waals surface area contributed by atoms with Gasteiger partial charge in [0.1, 0.15) is 0 Å². The largest absolute Gasteiger partial charge is 0.392 e. The van der Waals surface area contributed by atoms with Crippen molar-refractivity contribution in [3.05, 3.63) is 35.4 Å². The Morgan fingerprint density at radius 3 is 2.41 bits per heavy atom. The van der Waals surface area contributed by atoms with Crippen LogP contribution in [0.1, 0.15) is 35.2 Å². The van der Waals surface area contributed by atoms with Crippen molar-refractivity contribution in [3.8, 4) is 0 Å². The van der Waals surface area contributed by atoms with E-state index in [9.17, 15) is 4.79 Å². The van der Waals surface area contributed by atoms with E-state index in [1.165, 1.54) is 12.8 Å². The van der Waals surface area contributed by atoms with Gasteiger partial charge in [0.15, 0.2) is 5.78 Å². The summed E-state index contributed by atoms with van der Waals surface area (Å²) >= 11 is 0. The molecule has 1 heterocycles. The summed E-state index contributed by atoms with van der Waals surface area (Å²) in [7, 11) is 0. The molecule has 0 aromatic heterocycles. The number of hydrogen-bond donors (Lipinski definition) is 1. The monoisotopic (exact) mass is 233 g/mol. The first-order chi connectivity index (χ1) is 8.29. The van der Waals surface area contributed by atoms with Crippen molar-refractivity contribution in [1.82, 2.24) is 4.90 Å². The second-order valence-electron chi connectivity index (χ2n) is 4.58. The molecule has 1 fully saturated rings. The number of benzene rings is 1. The minimum atomic E-state index is 0.0300. The average Bonchev–Trinajstić information content (AvgIpc) is 2.89. The molecule has 0 spiro atoms. The van der Waals surface area contributed by atoms with Gasteiger partial charge < -0.3 is 10.0 Å². The van der Waals surface area contributed by atoms with E-state index in [2.05, 4.69) is 4.90 Å². The van der Waals surface area contributed by atoms with Crippen molar-refractivity contribution in [2.24, 2.45) is 0 Å². The number of Topliss-reactive ketones (excluding diaryl/α,β-unsaturated/α-hetero) is 1. The number of aliphatic hydroxyl groups excluding tert-OH is 1. The zero-order valence-corrected chi connectivity index (χ0v) is 10.1. The third-order valence-electron chi connectivity index (χ3n) is 3.31. The maximum Gasteiger partial charge on any atom is 0.164 e. The van der Waals surface area contributed by atoms with Crippen LogP contribution in [0.15, 0.2) is 24.3 Å². The van der Waals surface area contributed by atoms with Crippen molar-refractivity contribution in [3.63, 3.8) is 0 Å². The highest BCUT2D eigenvalue weighted by atomic mass is 16.3. The summed E-state index contributed by atoms with van der Waals surface area (Å²) in [6, 6.07) is 7.22. The summed E-state index contributed by atoms with van der Waals surface area (Å²) < 4.78 is 0. The van der Waals surface area contributed by atoms with Crippen LogP contribution in [0.3, 0.4) is 0 Å². The first-order valence-electron chi connectivity index (χ1n) is 6.25. The number of likely N-dealkylation sites (tertiary alicyclic amines) is 1. The standard InChI is InChI=1S/C14H19NO2/c16-11-12-3-5-13(6-4-12)14(17)7-10-15-8-1-2-9-15/h3-6,16H,1-2,7-11H2. The second-order valence-corrected chi connectivity index (χ2v) is 4.58. The van der Waals surface area contributed by atoms with Gasteiger partial charge in [-0.3, -0.25) is 4.79 Å². The summed E-state index contributed by atoms with van der Waals surface area (Å²) in [5.74, 6) is 0.196. The Morgan fingerprint density at radius 2 is 1.82 bits per heavy atom. The molecule has 3 nitrogen and oxygen atoms in total. The van der Waals surface area contributed by atoms with Gasteiger partial charge >= 0.3 is 0 Å². The molecule has 1 saturated heterocycles. The Hall–Kier alpha value is -1.19. The van der Waals surface area contributed by atoms with E-state index in [0.29, 0.717) is 6.42 Å². The fraction of sp³-hybridized carbons (Fsp3) is 0.500. The Kier molecular flexibility index (Phi) is 4.29. The van der Waals surface area contributed by atoms with Crippen LogP contribution >= 0.6 is 0 Å². The Labute approximate surface area is 102 Å². The van der Waals surface area contributed by atoms with Crippen LogP contribution in [0.4, 0.5) is 0 Å². The quantitative estimate of drug-likeness (QED) is 0.789. The average molecular weight is 233 g/mol. The van der Waals surface area contributed by atoms with E-state index >= 15 is 0 Å². The summed E-state index contributed by atoms with van der Waals surface area (Å²) in [4.78, 5) is 14.3. The first-order valence-corrected chi connectivity index (χ1v) is 6.25. The number of carbonyl (C=O) groups is 1. The maximum atomic E-state index is 11.9. The molecule has 2 rings (SSSR count). The number of ketones is 1. The number of nitrogens with zero attached hydrogens (tertiary/aromatic N) is 1. The number of hydrogen-bond acceptors (Lipinski definition) is 3. The smallest absolute Gasteiger partial charge is 0.164 e. The molecule has 0 bridgehead atoms. The molecule has 0 aliphatic carbocycles. The number of aliphatic hydroxyl groups is 1. The van der Waals surface area contributed by atoms with Crippen molar-refractivity contribution in [2.75, 3.05) is 19.6 Å². The zero-order chi connectivity index (χ0) is 12.1. The van der Waals surface area contributed by atoms with Crippen molar-refractivity contribution < 1.29 is 9.90 Å². The summed E-state index contributed by atoms with van der Waals surface area (Å²) in [5, 5.41) is 8.92. The van der Waals surface area contributed by atoms with Crippen molar-refractivity contribution in [2.45, 2.75) is 25.9 Å². The fourth-order valence-corrected chi connectivity index (χ4v) is 2.21. The van der Waals surface area contributed by atoms with E-state index in [1.54, 1.807) is 12.1 Å². The van der Waals surface area contributed by atoms with Gasteiger partial charge in [0.05, 0.1) is 6.61 Å². The van der Waals surface area contributed by atoms with Crippen LogP contribution in [0.25, 0.3) is 0 Å². The van der Waals surface area contributed by atoms with Crippen LogP contribution in [0.2, 0.25) is 0 Å². The van der Waals surface area contributed by atoms with Gasteiger partial charge in [0.25, 0.3) is 0 Å². The molecule has 1 aliphatic heterocycles. The first kappa shape index (κ1) is 12.3. The van der Waals surface area contributed by atoms with Crippen molar-refractivity contribution >= 4 is 5.78 Å². The lowest BCUT2D eigenvalue weighted by molar-refractivity contribution is 0.0969. The van der Waals surface area contributed by atoms with E-state index in [-0.39, 0.29) is 12.4 Å². The van der Waals surface area contributed by atoms with Gasteiger partial charge in [-0.05, 0) is 31.5 Å². The highest BCUT2D eigenvalue weighted by molar-refractivity contribution is 5.96. The minimum Gasteiger partial charge on any atom is -0.392 e. The van der Waals surface area contributed by atoms with Crippen LogP contribution in [-0.2, 0) is 6.61 Å². The molecule has 1 aromatic carbocycles. The van der Waals surface area contributed by atoms with Crippen LogP contribution in [0.5, 0.6) is 0 Å². The molecular weight excluding hydrogens is 214 g/mol. The third-order valence-corrected chi connectivity index (χ3v) is 3.31. The van der Waals surface area contributed by atoms with Gasteiger partial charge in [-0.2, -0.15) is 0 Å². The van der Waals surface area contributed by atoms with Gasteiger partial charge in [-0.25, -0.2) is 0 Å². The number of carbonyl (C=O) groups excluding carboxylic acids is 1. The van der Waals surface area contributed by atoms with E-state index in [1.807, 2.05) is 12.1 Å². The minimum absolute atomic E-state index is 0.0300. The van der Waals surface area contributed by atoms with Gasteiger partial charge in [-0.15, -0.1) is 0 Å². The lowest BCUT2D eigenvalue weighted by atomic mass is 10.1. The van der Waals surface area contributed by atoms with Crippen molar-refractivity contribution in [1.29, 1.82) is 0 Å². The van der Waals surface area contributed by atoms with Crippen LogP contribution in [0, 0.1) is 0 Å². The molecule has 17 heavy (non-hydrogen) atoms. The van der Waals surface area contributed by atoms with Gasteiger partial charge in [0.2, 0.25) is 0 Å². The molecule has 1 aromatic rings. The topological polar surface area (TPSA) is 40.5 Å². The Morgan fingerprint density at radius 1 is 1.18 bits per heavy atom. The Bertz CT molecular complexity index is 366. The molecule has 1 aliphatic rings. The third kappa shape index (κ3) is 3.38. The normalized spacial score (nSPS) is 16.3. The SMILES string of the molecule is O=C(CCN1CCCC1)c1ccc(CO)cc1. The lowest BCUT2D eigenvalue weighted by Crippen LogP contribution is -2.22. The van der Waals surface area contributed by atoms with Crippen LogP contribution < -0.4 is 0 Å². The molecule has 0 saturated carbocycles. The van der Waals surface area contributed by atoms with E-state index in [0.717, 1.165) is 30.8 Å². The predicted molar refractivity (Wildman–Crippen MR) is 67.0 cm³/mol. The van der Waals surface area contributed by atoms with Gasteiger partial charge in [0, 0.05) is 18.5 Å². The highest BCUT2D eigenvalue weighted by Gasteiger charge is 2.13. The summed E-state index contributed by atoms with van der Waals surface area (Å²) in [6.07, 6.45) is 3.12. The Balaban J connectivity index is 1.85. The fourth-order valence-electron chi connectivity index (χ4n) is 2.21. The maximum absolute atomic E-state index is 11.9. The zero-order valence-electron chi connectivity index (χ0n) is 10.1. The molecule has 1 N–H and O–H groups in total.